The van der Waals surface area contributed by atoms with Crippen molar-refractivity contribution >= 4 is 65.4 Å². The second kappa shape index (κ2) is 11.1. The molecular weight excluding hydrogens is 594 g/mol. The Bertz CT molecular complexity index is 2030. The van der Waals surface area contributed by atoms with Crippen LogP contribution in [0, 0.1) is 6.92 Å². The molecule has 0 fully saturated rings. The summed E-state index contributed by atoms with van der Waals surface area (Å²) < 4.78 is 72.1. The normalized spacial score (nSPS) is 12.4. The SMILES string of the molecule is COc1cc(N=Nc2ccc(C(=O)O)cc2)c(C)cc1N=Nc1c(S(=O)(=O)O)cc2cc(S(=O)(=O)O)c(N)cc2c1O. The number of nitrogen functional groups attached to an aromatic ring is 1. The molecule has 0 radical (unpaired) electrons. The zero-order valence-corrected chi connectivity index (χ0v) is 23.3. The summed E-state index contributed by atoms with van der Waals surface area (Å²) in [5, 5.41) is 35.6. The Hall–Kier alpha value is -4.97. The number of nitrogens with two attached hydrogens (primary N) is 1. The summed E-state index contributed by atoms with van der Waals surface area (Å²) in [6.45, 7) is 1.66. The fraction of sp³-hybridized carbons (Fsp3) is 0.0800. The van der Waals surface area contributed by atoms with Crippen LogP contribution in [0.5, 0.6) is 11.5 Å². The van der Waals surface area contributed by atoms with E-state index >= 15 is 0 Å². The summed E-state index contributed by atoms with van der Waals surface area (Å²) in [7, 11) is -8.50. The van der Waals surface area contributed by atoms with Crippen molar-refractivity contribution in [3.8, 4) is 11.5 Å². The number of aromatic carboxylic acids is 1. The maximum Gasteiger partial charge on any atom is 0.335 e. The monoisotopic (exact) mass is 615 g/mol. The summed E-state index contributed by atoms with van der Waals surface area (Å²) in [6.07, 6.45) is 0. The highest BCUT2D eigenvalue weighted by Crippen LogP contribution is 2.44. The molecule has 4 rings (SSSR count). The lowest BCUT2D eigenvalue weighted by Gasteiger charge is -2.12. The molecule has 0 aliphatic carbocycles. The quantitative estimate of drug-likeness (QED) is 0.0943. The molecule has 0 saturated carbocycles. The Balaban J connectivity index is 1.78. The average molecular weight is 616 g/mol. The molecule has 42 heavy (non-hydrogen) atoms. The second-order valence-electron chi connectivity index (χ2n) is 8.70. The van der Waals surface area contributed by atoms with Crippen molar-refractivity contribution in [3.63, 3.8) is 0 Å². The number of carbonyl (C=O) groups is 1. The number of methoxy groups -OCH3 is 1. The topological polar surface area (TPSA) is 251 Å². The molecule has 4 aromatic rings. The number of rotatable bonds is 8. The van der Waals surface area contributed by atoms with Gasteiger partial charge in [0.25, 0.3) is 20.2 Å². The molecule has 0 heterocycles. The van der Waals surface area contributed by atoms with Gasteiger partial charge in [-0.25, -0.2) is 4.79 Å². The zero-order valence-electron chi connectivity index (χ0n) is 21.6. The lowest BCUT2D eigenvalue weighted by molar-refractivity contribution is 0.0697. The highest BCUT2D eigenvalue weighted by Gasteiger charge is 2.24. The van der Waals surface area contributed by atoms with Gasteiger partial charge < -0.3 is 20.7 Å². The van der Waals surface area contributed by atoms with Crippen LogP contribution in [-0.2, 0) is 20.2 Å². The van der Waals surface area contributed by atoms with E-state index in [-0.39, 0.29) is 27.8 Å². The standard InChI is InChI=1S/C25H21N5O10S2/c1-12-7-19(20(40-2)11-18(12)28-27-15-5-3-13(4-6-15)25(32)33)29-30-23-22(42(37,38)39)9-14-8-21(41(34,35)36)17(26)10-16(14)24(23)31/h3-11,31H,26H2,1-2H3,(H,32,33)(H,34,35,36)(H,37,38,39). The van der Waals surface area contributed by atoms with Gasteiger partial charge in [0.15, 0.2) is 5.75 Å². The molecule has 218 valence electrons. The number of hydrogen-bond donors (Lipinski definition) is 5. The van der Waals surface area contributed by atoms with E-state index in [0.29, 0.717) is 16.9 Å². The van der Waals surface area contributed by atoms with Gasteiger partial charge in [-0.15, -0.1) is 10.2 Å². The Kier molecular flexibility index (Phi) is 7.95. The largest absolute Gasteiger partial charge is 0.505 e. The summed E-state index contributed by atoms with van der Waals surface area (Å²) in [4.78, 5) is 9.37. The number of aryl methyl sites for hydroxylation is 1. The summed E-state index contributed by atoms with van der Waals surface area (Å²) in [5.41, 5.74) is 6.00. The molecule has 0 bridgehead atoms. The first-order valence-corrected chi connectivity index (χ1v) is 14.4. The summed E-state index contributed by atoms with van der Waals surface area (Å²) in [5.74, 6) is -1.76. The number of carboxylic acids is 1. The minimum Gasteiger partial charge on any atom is -0.505 e. The van der Waals surface area contributed by atoms with Crippen LogP contribution in [0.2, 0.25) is 0 Å². The molecular formula is C25H21N5O10S2. The van der Waals surface area contributed by atoms with Crippen LogP contribution in [-0.4, -0.2) is 49.2 Å². The number of anilines is 1. The van der Waals surface area contributed by atoms with E-state index in [9.17, 15) is 35.8 Å². The van der Waals surface area contributed by atoms with E-state index in [1.165, 1.54) is 43.5 Å². The smallest absolute Gasteiger partial charge is 0.335 e. The van der Waals surface area contributed by atoms with Gasteiger partial charge in [-0.05, 0) is 66.4 Å². The third-order valence-corrected chi connectivity index (χ3v) is 7.66. The number of phenolic OH excluding ortho intramolecular Hbond substituents is 1. The van der Waals surface area contributed by atoms with Gasteiger partial charge in [0.05, 0.1) is 29.7 Å². The van der Waals surface area contributed by atoms with Crippen LogP contribution in [0.25, 0.3) is 10.8 Å². The molecule has 0 spiro atoms. The molecule has 15 nitrogen and oxygen atoms in total. The molecule has 0 aliphatic heterocycles. The predicted octanol–water partition coefficient (Wildman–Crippen LogP) is 5.47. The molecule has 0 saturated heterocycles. The van der Waals surface area contributed by atoms with Crippen LogP contribution in [0.1, 0.15) is 15.9 Å². The minimum absolute atomic E-state index is 0.0711. The Morgan fingerprint density at radius 1 is 0.833 bits per heavy atom. The highest BCUT2D eigenvalue weighted by atomic mass is 32.2. The number of nitrogens with zero attached hydrogens (tertiary/aromatic N) is 4. The first-order chi connectivity index (χ1) is 19.6. The Morgan fingerprint density at radius 2 is 1.43 bits per heavy atom. The average Bonchev–Trinajstić information content (AvgIpc) is 2.91. The molecule has 0 aliphatic rings. The number of ether oxygens (including phenoxy) is 1. The van der Waals surface area contributed by atoms with Crippen LogP contribution in [0.4, 0.5) is 28.4 Å². The molecule has 17 heteroatoms. The van der Waals surface area contributed by atoms with Gasteiger partial charge in [-0.3, -0.25) is 9.11 Å². The molecule has 0 aromatic heterocycles. The number of fused-ring (bicyclic) bond motifs is 1. The van der Waals surface area contributed by atoms with Gasteiger partial charge >= 0.3 is 5.97 Å². The number of benzene rings is 4. The number of aromatic hydroxyl groups is 1. The molecule has 4 aromatic carbocycles. The Morgan fingerprint density at radius 3 is 2.00 bits per heavy atom. The molecule has 0 amide bonds. The molecule has 0 atom stereocenters. The Labute approximate surface area is 238 Å². The van der Waals surface area contributed by atoms with E-state index in [0.717, 1.165) is 18.2 Å². The van der Waals surface area contributed by atoms with Crippen molar-refractivity contribution < 1.29 is 45.7 Å². The third-order valence-electron chi connectivity index (χ3n) is 5.88. The van der Waals surface area contributed by atoms with Gasteiger partial charge in [0.2, 0.25) is 0 Å². The van der Waals surface area contributed by atoms with Crippen molar-refractivity contribution in [3.05, 3.63) is 65.7 Å². The summed E-state index contributed by atoms with van der Waals surface area (Å²) in [6, 6.07) is 11.3. The lowest BCUT2D eigenvalue weighted by Crippen LogP contribution is -2.04. The van der Waals surface area contributed by atoms with Gasteiger partial charge in [0, 0.05) is 11.5 Å². The van der Waals surface area contributed by atoms with Crippen LogP contribution in [0.3, 0.4) is 0 Å². The van der Waals surface area contributed by atoms with Gasteiger partial charge in [-0.2, -0.15) is 27.1 Å². The zero-order chi connectivity index (χ0) is 31.0. The van der Waals surface area contributed by atoms with Crippen LogP contribution < -0.4 is 10.5 Å². The maximum atomic E-state index is 12.1. The van der Waals surface area contributed by atoms with Crippen molar-refractivity contribution in [1.29, 1.82) is 0 Å². The van der Waals surface area contributed by atoms with Crippen LogP contribution in [0.15, 0.2) is 84.8 Å². The van der Waals surface area contributed by atoms with Gasteiger partial charge in [0.1, 0.15) is 26.9 Å². The van der Waals surface area contributed by atoms with Crippen molar-refractivity contribution in [2.75, 3.05) is 12.8 Å². The van der Waals surface area contributed by atoms with E-state index in [1.807, 2.05) is 0 Å². The van der Waals surface area contributed by atoms with E-state index in [2.05, 4.69) is 20.5 Å². The van der Waals surface area contributed by atoms with Crippen molar-refractivity contribution in [1.82, 2.24) is 0 Å². The fourth-order valence-electron chi connectivity index (χ4n) is 3.80. The highest BCUT2D eigenvalue weighted by molar-refractivity contribution is 7.86. The second-order valence-corrected chi connectivity index (χ2v) is 11.5. The number of carboxylic acid groups (broad SMARTS) is 1. The van der Waals surface area contributed by atoms with Crippen molar-refractivity contribution in [2.24, 2.45) is 20.5 Å². The lowest BCUT2D eigenvalue weighted by atomic mass is 10.1. The fourth-order valence-corrected chi connectivity index (χ4v) is 5.10. The maximum absolute atomic E-state index is 12.1. The van der Waals surface area contributed by atoms with Crippen molar-refractivity contribution in [2.45, 2.75) is 16.7 Å². The van der Waals surface area contributed by atoms with E-state index in [1.54, 1.807) is 6.92 Å². The molecule has 6 N–H and O–H groups in total. The third kappa shape index (κ3) is 6.18. The number of azo groups is 2. The number of phenols is 1. The van der Waals surface area contributed by atoms with E-state index < -0.39 is 53.1 Å². The van der Waals surface area contributed by atoms with Crippen LogP contribution >= 0.6 is 0 Å². The molecule has 0 unspecified atom stereocenters. The minimum atomic E-state index is -5.03. The summed E-state index contributed by atoms with van der Waals surface area (Å²) >= 11 is 0. The van der Waals surface area contributed by atoms with E-state index in [4.69, 9.17) is 15.6 Å². The first kappa shape index (κ1) is 30.0. The van der Waals surface area contributed by atoms with Gasteiger partial charge in [-0.1, -0.05) is 0 Å². The predicted molar refractivity (Wildman–Crippen MR) is 149 cm³/mol. The first-order valence-electron chi connectivity index (χ1n) is 11.5. The number of hydrogen-bond acceptors (Lipinski definition) is 12.